The maximum absolute atomic E-state index is 12.1. The van der Waals surface area contributed by atoms with Crippen molar-refractivity contribution in [3.05, 3.63) is 77.9 Å². The SMILES string of the molecule is COC(=O)/C(=C(/[O-])OC)[N+](=Cc1ccccc1)c1ccccc1. The fraction of sp³-hybridized carbons (Fsp3) is 0.111. The van der Waals surface area contributed by atoms with Crippen LogP contribution in [-0.2, 0) is 14.3 Å². The van der Waals surface area contributed by atoms with Gasteiger partial charge in [0.05, 0.1) is 7.11 Å². The molecule has 0 bridgehead atoms. The molecule has 0 fully saturated rings. The van der Waals surface area contributed by atoms with E-state index in [4.69, 9.17) is 9.47 Å². The zero-order chi connectivity index (χ0) is 16.7. The standard InChI is InChI=1S/C18H17NO4/c1-22-17(20)16(18(21)23-2)19(15-11-7-4-8-12-15)13-14-9-5-3-6-10-14/h3-13H,1-2H3. The zero-order valence-corrected chi connectivity index (χ0v) is 12.9. The van der Waals surface area contributed by atoms with Crippen molar-refractivity contribution in [2.75, 3.05) is 14.2 Å². The highest BCUT2D eigenvalue weighted by Gasteiger charge is 2.27. The molecule has 2 aromatic carbocycles. The number of carbonyl (C=O) groups is 1. The number of ether oxygens (including phenoxy) is 2. The van der Waals surface area contributed by atoms with E-state index in [1.165, 1.54) is 18.8 Å². The van der Waals surface area contributed by atoms with Crippen molar-refractivity contribution in [1.29, 1.82) is 0 Å². The number of methoxy groups -OCH3 is 2. The monoisotopic (exact) mass is 311 g/mol. The van der Waals surface area contributed by atoms with Crippen LogP contribution in [0.3, 0.4) is 0 Å². The lowest BCUT2D eigenvalue weighted by Crippen LogP contribution is -2.25. The Morgan fingerprint density at radius 2 is 1.52 bits per heavy atom. The van der Waals surface area contributed by atoms with Crippen LogP contribution in [0.1, 0.15) is 5.56 Å². The summed E-state index contributed by atoms with van der Waals surface area (Å²) in [5.41, 5.74) is 1.24. The average molecular weight is 311 g/mol. The van der Waals surface area contributed by atoms with Crippen molar-refractivity contribution in [2.24, 2.45) is 0 Å². The Morgan fingerprint density at radius 1 is 0.957 bits per heavy atom. The van der Waals surface area contributed by atoms with Crippen molar-refractivity contribution in [3.63, 3.8) is 0 Å². The van der Waals surface area contributed by atoms with Crippen molar-refractivity contribution >= 4 is 17.9 Å². The van der Waals surface area contributed by atoms with Gasteiger partial charge >= 0.3 is 11.7 Å². The molecule has 0 aromatic heterocycles. The molecule has 0 amide bonds. The van der Waals surface area contributed by atoms with E-state index in [-0.39, 0.29) is 5.70 Å². The van der Waals surface area contributed by atoms with Crippen molar-refractivity contribution in [1.82, 2.24) is 0 Å². The van der Waals surface area contributed by atoms with Crippen LogP contribution >= 0.6 is 0 Å². The van der Waals surface area contributed by atoms with E-state index in [2.05, 4.69) is 0 Å². The van der Waals surface area contributed by atoms with E-state index >= 15 is 0 Å². The molecule has 5 nitrogen and oxygen atoms in total. The second-order valence-corrected chi connectivity index (χ2v) is 4.58. The largest absolute Gasteiger partial charge is 0.612 e. The van der Waals surface area contributed by atoms with Gasteiger partial charge in [-0.3, -0.25) is 0 Å². The lowest BCUT2D eigenvalue weighted by molar-refractivity contribution is -0.420. The highest BCUT2D eigenvalue weighted by molar-refractivity contribution is 5.88. The van der Waals surface area contributed by atoms with Crippen LogP contribution in [0.2, 0.25) is 0 Å². The maximum atomic E-state index is 12.1. The predicted octanol–water partition coefficient (Wildman–Crippen LogP) is 1.80. The second kappa shape index (κ2) is 7.79. The maximum Gasteiger partial charge on any atom is 0.405 e. The van der Waals surface area contributed by atoms with Gasteiger partial charge in [0.2, 0.25) is 5.69 Å². The molecule has 0 aliphatic heterocycles. The first-order valence-corrected chi connectivity index (χ1v) is 6.95. The highest BCUT2D eigenvalue weighted by Crippen LogP contribution is 2.19. The summed E-state index contributed by atoms with van der Waals surface area (Å²) in [5, 5.41) is 12.1. The fourth-order valence-electron chi connectivity index (χ4n) is 2.02. The lowest BCUT2D eigenvalue weighted by atomic mass is 10.2. The van der Waals surface area contributed by atoms with Gasteiger partial charge in [-0.25, -0.2) is 4.79 Å². The first-order chi connectivity index (χ1) is 11.2. The van der Waals surface area contributed by atoms with Crippen molar-refractivity contribution < 1.29 is 24.0 Å². The van der Waals surface area contributed by atoms with Gasteiger partial charge in [-0.05, 0) is 19.2 Å². The molecule has 2 rings (SSSR count). The molecule has 0 radical (unpaired) electrons. The Labute approximate surface area is 134 Å². The molecule has 23 heavy (non-hydrogen) atoms. The number of nitrogens with zero attached hydrogens (tertiary/aromatic N) is 1. The minimum atomic E-state index is -0.770. The molecule has 2 aromatic rings. The fourth-order valence-corrected chi connectivity index (χ4v) is 2.02. The van der Waals surface area contributed by atoms with Gasteiger partial charge in [0, 0.05) is 17.7 Å². The van der Waals surface area contributed by atoms with E-state index in [0.717, 1.165) is 5.56 Å². The number of benzene rings is 2. The van der Waals surface area contributed by atoms with Crippen LogP contribution in [0.4, 0.5) is 5.69 Å². The Balaban J connectivity index is 2.67. The molecule has 0 aliphatic carbocycles. The summed E-state index contributed by atoms with van der Waals surface area (Å²) < 4.78 is 10.9. The molecule has 0 atom stereocenters. The summed E-state index contributed by atoms with van der Waals surface area (Å²) in [6.07, 6.45) is 1.68. The van der Waals surface area contributed by atoms with Crippen LogP contribution in [0, 0.1) is 0 Å². The summed E-state index contributed by atoms with van der Waals surface area (Å²) in [7, 11) is 2.44. The predicted molar refractivity (Wildman–Crippen MR) is 84.0 cm³/mol. The third kappa shape index (κ3) is 3.97. The quantitative estimate of drug-likeness (QED) is 0.278. The van der Waals surface area contributed by atoms with E-state index in [9.17, 15) is 9.90 Å². The minimum Gasteiger partial charge on any atom is -0.612 e. The smallest absolute Gasteiger partial charge is 0.405 e. The Morgan fingerprint density at radius 3 is 2.04 bits per heavy atom. The van der Waals surface area contributed by atoms with Crippen LogP contribution in [-0.4, -0.2) is 31.0 Å². The van der Waals surface area contributed by atoms with Crippen molar-refractivity contribution in [3.8, 4) is 0 Å². The molecule has 0 aliphatic rings. The number of rotatable bonds is 5. The van der Waals surface area contributed by atoms with Crippen LogP contribution < -0.4 is 5.11 Å². The lowest BCUT2D eigenvalue weighted by Gasteiger charge is -2.12. The Hall–Kier alpha value is -3.08. The summed E-state index contributed by atoms with van der Waals surface area (Å²) >= 11 is 0. The summed E-state index contributed by atoms with van der Waals surface area (Å²) in [6.45, 7) is 0. The number of hydrogen-bond acceptors (Lipinski definition) is 4. The normalized spacial score (nSPS) is 12.3. The number of carbonyl (C=O) groups excluding carboxylic acids is 1. The summed E-state index contributed by atoms with van der Waals surface area (Å²) in [4.78, 5) is 12.1. The van der Waals surface area contributed by atoms with Crippen molar-refractivity contribution in [2.45, 2.75) is 0 Å². The second-order valence-electron chi connectivity index (χ2n) is 4.58. The third-order valence-corrected chi connectivity index (χ3v) is 3.11. The van der Waals surface area contributed by atoms with E-state index in [1.54, 1.807) is 18.3 Å². The van der Waals surface area contributed by atoms with E-state index in [1.807, 2.05) is 48.5 Å². The molecule has 118 valence electrons. The minimum absolute atomic E-state index is 0.218. The van der Waals surface area contributed by atoms with Gasteiger partial charge in [0.1, 0.15) is 5.95 Å². The van der Waals surface area contributed by atoms with Crippen LogP contribution in [0.5, 0.6) is 0 Å². The Kier molecular flexibility index (Phi) is 5.52. The van der Waals surface area contributed by atoms with Gasteiger partial charge in [0.25, 0.3) is 0 Å². The molecule has 0 heterocycles. The number of hydrogen-bond donors (Lipinski definition) is 0. The van der Waals surface area contributed by atoms with Gasteiger partial charge < -0.3 is 14.6 Å². The van der Waals surface area contributed by atoms with Gasteiger partial charge in [-0.1, -0.05) is 36.4 Å². The molecule has 0 saturated heterocycles. The van der Waals surface area contributed by atoms with Crippen LogP contribution in [0.15, 0.2) is 72.3 Å². The summed E-state index contributed by atoms with van der Waals surface area (Å²) in [6, 6.07) is 18.4. The molecule has 0 saturated carbocycles. The molecule has 0 N–H and O–H groups in total. The highest BCUT2D eigenvalue weighted by atomic mass is 16.6. The Bertz CT molecular complexity index is 721. The molecule has 0 spiro atoms. The van der Waals surface area contributed by atoms with Crippen LogP contribution in [0.25, 0.3) is 0 Å². The van der Waals surface area contributed by atoms with Gasteiger partial charge in [-0.15, -0.1) is 0 Å². The number of esters is 1. The third-order valence-electron chi connectivity index (χ3n) is 3.11. The van der Waals surface area contributed by atoms with E-state index in [0.29, 0.717) is 5.69 Å². The molecular weight excluding hydrogens is 294 g/mol. The molecule has 0 unspecified atom stereocenters. The topological polar surface area (TPSA) is 61.6 Å². The number of para-hydroxylation sites is 1. The first-order valence-electron chi connectivity index (χ1n) is 6.95. The first kappa shape index (κ1) is 16.3. The molecule has 5 heteroatoms. The average Bonchev–Trinajstić information content (AvgIpc) is 2.62. The zero-order valence-electron chi connectivity index (χ0n) is 12.9. The molecular formula is C18H17NO4. The van der Waals surface area contributed by atoms with Gasteiger partial charge in [0.15, 0.2) is 6.21 Å². The van der Waals surface area contributed by atoms with Gasteiger partial charge in [-0.2, -0.15) is 4.58 Å². The van der Waals surface area contributed by atoms with E-state index < -0.39 is 11.9 Å². The summed E-state index contributed by atoms with van der Waals surface area (Å²) in [5.74, 6) is -1.54.